The molecular weight excluding hydrogens is 232 g/mol. The van der Waals surface area contributed by atoms with Gasteiger partial charge in [-0.1, -0.05) is 0 Å². The van der Waals surface area contributed by atoms with Crippen LogP contribution in [0.1, 0.15) is 6.92 Å². The first kappa shape index (κ1) is 12.6. The van der Waals surface area contributed by atoms with Crippen molar-refractivity contribution in [2.24, 2.45) is 0 Å². The third-order valence-electron chi connectivity index (χ3n) is 1.88. The van der Waals surface area contributed by atoms with E-state index < -0.39 is 22.8 Å². The molecule has 1 heterocycles. The van der Waals surface area contributed by atoms with Gasteiger partial charge in [-0.3, -0.25) is 19.6 Å². The summed E-state index contributed by atoms with van der Waals surface area (Å²) in [5.74, 6) is -1.74. The van der Waals surface area contributed by atoms with E-state index in [4.69, 9.17) is 5.11 Å². The van der Waals surface area contributed by atoms with E-state index in [9.17, 15) is 19.7 Å². The molecule has 0 saturated carbocycles. The molecule has 1 aromatic heterocycles. The Labute approximate surface area is 95.2 Å². The van der Waals surface area contributed by atoms with Gasteiger partial charge in [0.05, 0.1) is 11.5 Å². The monoisotopic (exact) mass is 242 g/mol. The number of carboxylic acid groups (broad SMARTS) is 1. The summed E-state index contributed by atoms with van der Waals surface area (Å²) in [6.07, 6.45) is 2.10. The van der Waals surface area contributed by atoms with Crippen molar-refractivity contribution in [2.45, 2.75) is 19.5 Å². The van der Waals surface area contributed by atoms with E-state index in [2.05, 4.69) is 10.4 Å². The van der Waals surface area contributed by atoms with Crippen LogP contribution in [0.15, 0.2) is 12.4 Å². The Balaban J connectivity index is 2.75. The maximum atomic E-state index is 10.8. The fourth-order valence-corrected chi connectivity index (χ4v) is 1.16. The Hall–Kier alpha value is -2.45. The summed E-state index contributed by atoms with van der Waals surface area (Å²) in [6, 6.07) is -1.17. The number of nitrogens with zero attached hydrogens (tertiary/aromatic N) is 3. The number of nitro groups is 1. The number of carbonyl (C=O) groups excluding carboxylic acids is 1. The normalized spacial score (nSPS) is 11.8. The molecule has 0 fully saturated rings. The zero-order chi connectivity index (χ0) is 13.0. The van der Waals surface area contributed by atoms with E-state index in [1.54, 1.807) is 0 Å². The summed E-state index contributed by atoms with van der Waals surface area (Å²) in [6.45, 7) is 1.00. The lowest BCUT2D eigenvalue weighted by atomic mass is 10.3. The highest BCUT2D eigenvalue weighted by molar-refractivity contribution is 5.81. The Kier molecular flexibility index (Phi) is 3.75. The molecule has 0 bridgehead atoms. The lowest BCUT2D eigenvalue weighted by Gasteiger charge is -2.12. The molecule has 0 aliphatic rings. The summed E-state index contributed by atoms with van der Waals surface area (Å²) in [7, 11) is 0. The molecule has 0 radical (unpaired) electrons. The summed E-state index contributed by atoms with van der Waals surface area (Å²) in [4.78, 5) is 31.3. The Morgan fingerprint density at radius 2 is 2.35 bits per heavy atom. The van der Waals surface area contributed by atoms with Gasteiger partial charge in [-0.05, 0) is 0 Å². The highest BCUT2D eigenvalue weighted by Gasteiger charge is 2.20. The largest absolute Gasteiger partial charge is 0.480 e. The molecule has 0 saturated heterocycles. The van der Waals surface area contributed by atoms with Crippen LogP contribution < -0.4 is 5.32 Å². The Bertz CT molecular complexity index is 455. The molecule has 0 aliphatic heterocycles. The second-order valence-corrected chi connectivity index (χ2v) is 3.27. The number of aromatic nitrogens is 2. The standard InChI is InChI=1S/C8H10N4O5/c1-5(13)10-7(8(14)15)4-11-3-6(2-9-11)12(16)17/h2-3,7H,4H2,1H3,(H,10,13)(H,14,15). The topological polar surface area (TPSA) is 127 Å². The van der Waals surface area contributed by atoms with Crippen molar-refractivity contribution < 1.29 is 19.6 Å². The molecule has 1 atom stereocenters. The third-order valence-corrected chi connectivity index (χ3v) is 1.88. The highest BCUT2D eigenvalue weighted by Crippen LogP contribution is 2.08. The number of hydrogen-bond acceptors (Lipinski definition) is 5. The first-order valence-electron chi connectivity index (χ1n) is 4.57. The molecule has 0 aliphatic carbocycles. The van der Waals surface area contributed by atoms with Crippen LogP contribution >= 0.6 is 0 Å². The number of hydrogen-bond donors (Lipinski definition) is 2. The maximum Gasteiger partial charge on any atom is 0.328 e. The Morgan fingerprint density at radius 3 is 2.76 bits per heavy atom. The van der Waals surface area contributed by atoms with E-state index >= 15 is 0 Å². The van der Waals surface area contributed by atoms with Crippen molar-refractivity contribution in [3.8, 4) is 0 Å². The highest BCUT2D eigenvalue weighted by atomic mass is 16.6. The molecule has 1 rings (SSSR count). The van der Waals surface area contributed by atoms with Gasteiger partial charge in [0.25, 0.3) is 0 Å². The number of carbonyl (C=O) groups is 2. The predicted octanol–water partition coefficient (Wildman–Crippen LogP) is -0.619. The fourth-order valence-electron chi connectivity index (χ4n) is 1.16. The molecule has 1 amide bonds. The van der Waals surface area contributed by atoms with Crippen molar-refractivity contribution in [2.75, 3.05) is 0 Å². The molecule has 0 spiro atoms. The molecule has 17 heavy (non-hydrogen) atoms. The number of aliphatic carboxylic acids is 1. The van der Waals surface area contributed by atoms with Gasteiger partial charge < -0.3 is 10.4 Å². The molecule has 9 heteroatoms. The molecule has 1 unspecified atom stereocenters. The average molecular weight is 242 g/mol. The predicted molar refractivity (Wildman–Crippen MR) is 54.1 cm³/mol. The lowest BCUT2D eigenvalue weighted by molar-refractivity contribution is -0.385. The first-order valence-corrected chi connectivity index (χ1v) is 4.57. The first-order chi connectivity index (χ1) is 7.90. The van der Waals surface area contributed by atoms with Crippen LogP contribution in [0, 0.1) is 10.1 Å². The second-order valence-electron chi connectivity index (χ2n) is 3.27. The van der Waals surface area contributed by atoms with Gasteiger partial charge in [0.2, 0.25) is 5.91 Å². The lowest BCUT2D eigenvalue weighted by Crippen LogP contribution is -2.42. The van der Waals surface area contributed by atoms with Crippen LogP contribution in [0.2, 0.25) is 0 Å². The maximum absolute atomic E-state index is 10.8. The van der Waals surface area contributed by atoms with Crippen molar-refractivity contribution in [1.29, 1.82) is 0 Å². The molecular formula is C8H10N4O5. The summed E-state index contributed by atoms with van der Waals surface area (Å²) < 4.78 is 1.09. The van der Waals surface area contributed by atoms with Crippen molar-refractivity contribution in [3.05, 3.63) is 22.5 Å². The van der Waals surface area contributed by atoms with Crippen LogP contribution in [0.3, 0.4) is 0 Å². The second kappa shape index (κ2) is 5.05. The summed E-state index contributed by atoms with van der Waals surface area (Å²) in [5, 5.41) is 25.0. The van der Waals surface area contributed by atoms with Crippen LogP contribution in [0.5, 0.6) is 0 Å². The molecule has 0 aromatic carbocycles. The van der Waals surface area contributed by atoms with Crippen LogP contribution in [0.4, 0.5) is 5.69 Å². The minimum Gasteiger partial charge on any atom is -0.480 e. The molecule has 2 N–H and O–H groups in total. The minimum absolute atomic E-state index is 0.178. The van der Waals surface area contributed by atoms with E-state index in [0.29, 0.717) is 0 Å². The van der Waals surface area contributed by atoms with Crippen molar-refractivity contribution >= 4 is 17.6 Å². The zero-order valence-electron chi connectivity index (χ0n) is 8.86. The summed E-state index contributed by atoms with van der Waals surface area (Å²) >= 11 is 0. The van der Waals surface area contributed by atoms with Crippen molar-refractivity contribution in [1.82, 2.24) is 15.1 Å². The minimum atomic E-state index is -1.24. The van der Waals surface area contributed by atoms with E-state index in [1.807, 2.05) is 0 Å². The third kappa shape index (κ3) is 3.55. The average Bonchev–Trinajstić information content (AvgIpc) is 2.64. The van der Waals surface area contributed by atoms with Gasteiger partial charge in [-0.2, -0.15) is 5.10 Å². The van der Waals surface area contributed by atoms with Gasteiger partial charge in [0, 0.05) is 6.92 Å². The Morgan fingerprint density at radius 1 is 1.71 bits per heavy atom. The van der Waals surface area contributed by atoms with E-state index in [1.165, 1.54) is 6.92 Å². The summed E-state index contributed by atoms with van der Waals surface area (Å²) in [5.41, 5.74) is -0.239. The van der Waals surface area contributed by atoms with Gasteiger partial charge >= 0.3 is 11.7 Å². The molecule has 92 valence electrons. The van der Waals surface area contributed by atoms with Gasteiger partial charge in [-0.25, -0.2) is 4.79 Å². The molecule has 1 aromatic rings. The smallest absolute Gasteiger partial charge is 0.328 e. The number of amides is 1. The zero-order valence-corrected chi connectivity index (χ0v) is 8.86. The quantitative estimate of drug-likeness (QED) is 0.523. The number of rotatable bonds is 5. The van der Waals surface area contributed by atoms with Crippen LogP contribution in [-0.4, -0.2) is 37.7 Å². The molecule has 9 nitrogen and oxygen atoms in total. The fraction of sp³-hybridized carbons (Fsp3) is 0.375. The van der Waals surface area contributed by atoms with Gasteiger partial charge in [-0.15, -0.1) is 0 Å². The SMILES string of the molecule is CC(=O)NC(Cn1cc([N+](=O)[O-])cn1)C(=O)O. The number of nitrogens with one attached hydrogen (secondary N) is 1. The van der Waals surface area contributed by atoms with E-state index in [0.717, 1.165) is 17.1 Å². The van der Waals surface area contributed by atoms with Gasteiger partial charge in [0.15, 0.2) is 0 Å². The number of carboxylic acids is 1. The van der Waals surface area contributed by atoms with Crippen molar-refractivity contribution in [3.63, 3.8) is 0 Å². The van der Waals surface area contributed by atoms with Gasteiger partial charge in [0.1, 0.15) is 18.4 Å². The van der Waals surface area contributed by atoms with E-state index in [-0.39, 0.29) is 12.2 Å². The van der Waals surface area contributed by atoms with Crippen LogP contribution in [0.25, 0.3) is 0 Å². The van der Waals surface area contributed by atoms with Crippen LogP contribution in [-0.2, 0) is 16.1 Å².